The minimum atomic E-state index is -0.227. The van der Waals surface area contributed by atoms with Crippen molar-refractivity contribution in [1.29, 1.82) is 0 Å². The predicted octanol–water partition coefficient (Wildman–Crippen LogP) is 2.38. The van der Waals surface area contributed by atoms with E-state index in [0.29, 0.717) is 29.6 Å². The molecule has 2 heterocycles. The molecule has 0 saturated carbocycles. The summed E-state index contributed by atoms with van der Waals surface area (Å²) in [5, 5.41) is 3.11. The van der Waals surface area contributed by atoms with Crippen molar-refractivity contribution in [3.8, 4) is 0 Å². The average molecular weight is 283 g/mol. The van der Waals surface area contributed by atoms with Gasteiger partial charge in [0.1, 0.15) is 0 Å². The minimum Gasteiger partial charge on any atom is -0.352 e. The number of imidazole rings is 1. The van der Waals surface area contributed by atoms with E-state index in [1.54, 1.807) is 0 Å². The molecule has 0 aliphatic rings. The largest absolute Gasteiger partial charge is 0.352 e. The van der Waals surface area contributed by atoms with Crippen LogP contribution in [0.4, 0.5) is 5.95 Å². The molecule has 0 radical (unpaired) electrons. The topological polar surface area (TPSA) is 86.5 Å². The van der Waals surface area contributed by atoms with Crippen LogP contribution in [0.25, 0.3) is 11.2 Å². The Labute approximate surface area is 121 Å². The summed E-state index contributed by atoms with van der Waals surface area (Å²) in [6.07, 6.45) is 1.46. The van der Waals surface area contributed by atoms with Crippen LogP contribution in [0.3, 0.4) is 0 Å². The summed E-state index contributed by atoms with van der Waals surface area (Å²) in [7, 11) is 0. The zero-order valence-corrected chi connectivity index (χ0v) is 12.0. The summed E-state index contributed by atoms with van der Waals surface area (Å²) in [5.41, 5.74) is 3.01. The quantitative estimate of drug-likeness (QED) is 0.686. The molecule has 1 aromatic carbocycles. The van der Waals surface area contributed by atoms with Crippen LogP contribution in [0.15, 0.2) is 35.4 Å². The van der Waals surface area contributed by atoms with E-state index in [-0.39, 0.29) is 5.56 Å². The number of H-pyrrole nitrogens is 2. The van der Waals surface area contributed by atoms with Gasteiger partial charge in [0, 0.05) is 6.54 Å². The molecular formula is C15H17N5O. The van der Waals surface area contributed by atoms with Crippen molar-refractivity contribution in [1.82, 2.24) is 19.9 Å². The minimum absolute atomic E-state index is 0.227. The van der Waals surface area contributed by atoms with E-state index in [4.69, 9.17) is 0 Å². The SMILES string of the molecule is CC(C)c1ccc(CNc2nc3nc[nH]c3c(=O)[nH]2)cc1. The predicted molar refractivity (Wildman–Crippen MR) is 82.4 cm³/mol. The Kier molecular flexibility index (Phi) is 3.43. The van der Waals surface area contributed by atoms with Crippen LogP contribution in [0.2, 0.25) is 0 Å². The number of hydrogen-bond donors (Lipinski definition) is 3. The molecular weight excluding hydrogens is 266 g/mol. The Morgan fingerprint density at radius 3 is 2.71 bits per heavy atom. The number of anilines is 1. The fraction of sp³-hybridized carbons (Fsp3) is 0.267. The Balaban J connectivity index is 1.75. The first-order valence-corrected chi connectivity index (χ1v) is 6.89. The van der Waals surface area contributed by atoms with Crippen molar-refractivity contribution in [2.75, 3.05) is 5.32 Å². The highest BCUT2D eigenvalue weighted by molar-refractivity contribution is 5.69. The summed E-state index contributed by atoms with van der Waals surface area (Å²) >= 11 is 0. The van der Waals surface area contributed by atoms with Crippen LogP contribution in [0.1, 0.15) is 30.9 Å². The van der Waals surface area contributed by atoms with Crippen LogP contribution in [-0.4, -0.2) is 19.9 Å². The van der Waals surface area contributed by atoms with Crippen LogP contribution in [-0.2, 0) is 6.54 Å². The lowest BCUT2D eigenvalue weighted by atomic mass is 10.0. The Hall–Kier alpha value is -2.63. The first-order chi connectivity index (χ1) is 10.1. The average Bonchev–Trinajstić information content (AvgIpc) is 2.94. The Bertz CT molecular complexity index is 801. The molecule has 3 aromatic rings. The normalized spacial score (nSPS) is 11.2. The van der Waals surface area contributed by atoms with Gasteiger partial charge >= 0.3 is 0 Å². The third kappa shape index (κ3) is 2.79. The van der Waals surface area contributed by atoms with E-state index in [0.717, 1.165) is 5.56 Å². The second kappa shape index (κ2) is 5.40. The van der Waals surface area contributed by atoms with Crippen LogP contribution in [0, 0.1) is 0 Å². The van der Waals surface area contributed by atoms with Gasteiger partial charge in [0.2, 0.25) is 5.95 Å². The van der Waals surface area contributed by atoms with Gasteiger partial charge in [0.25, 0.3) is 5.56 Å². The molecule has 0 bridgehead atoms. The summed E-state index contributed by atoms with van der Waals surface area (Å²) in [6.45, 7) is 4.93. The molecule has 21 heavy (non-hydrogen) atoms. The molecule has 0 saturated heterocycles. The maximum absolute atomic E-state index is 11.8. The molecule has 0 amide bonds. The third-order valence-corrected chi connectivity index (χ3v) is 3.40. The molecule has 3 N–H and O–H groups in total. The molecule has 6 heteroatoms. The number of fused-ring (bicyclic) bond motifs is 1. The lowest BCUT2D eigenvalue weighted by Gasteiger charge is -2.08. The van der Waals surface area contributed by atoms with Gasteiger partial charge in [-0.3, -0.25) is 9.78 Å². The maximum atomic E-state index is 11.8. The number of nitrogens with one attached hydrogen (secondary N) is 3. The van der Waals surface area contributed by atoms with E-state index >= 15 is 0 Å². The number of aromatic nitrogens is 4. The van der Waals surface area contributed by atoms with Crippen LogP contribution in [0.5, 0.6) is 0 Å². The maximum Gasteiger partial charge on any atom is 0.278 e. The summed E-state index contributed by atoms with van der Waals surface area (Å²) in [5.74, 6) is 0.944. The van der Waals surface area contributed by atoms with Gasteiger partial charge in [0.15, 0.2) is 11.2 Å². The Morgan fingerprint density at radius 2 is 2.00 bits per heavy atom. The van der Waals surface area contributed by atoms with Crippen molar-refractivity contribution in [3.63, 3.8) is 0 Å². The van der Waals surface area contributed by atoms with Gasteiger partial charge in [-0.05, 0) is 17.0 Å². The lowest BCUT2D eigenvalue weighted by Crippen LogP contribution is -2.13. The number of nitrogens with zero attached hydrogens (tertiary/aromatic N) is 2. The molecule has 0 aliphatic heterocycles. The molecule has 0 unspecified atom stereocenters. The highest BCUT2D eigenvalue weighted by atomic mass is 16.1. The summed E-state index contributed by atoms with van der Waals surface area (Å²) < 4.78 is 0. The number of aromatic amines is 2. The first-order valence-electron chi connectivity index (χ1n) is 6.89. The van der Waals surface area contributed by atoms with E-state index in [9.17, 15) is 4.79 Å². The standard InChI is InChI=1S/C15H17N5O/c1-9(2)11-5-3-10(4-6-11)7-16-15-19-13-12(14(21)20-15)17-8-18-13/h3-6,8-9H,7H2,1-2H3,(H3,16,17,18,19,20,21). The van der Waals surface area contributed by atoms with Crippen molar-refractivity contribution >= 4 is 17.1 Å². The molecule has 3 rings (SSSR count). The highest BCUT2D eigenvalue weighted by Crippen LogP contribution is 2.15. The zero-order chi connectivity index (χ0) is 14.8. The second-order valence-corrected chi connectivity index (χ2v) is 5.27. The van der Waals surface area contributed by atoms with E-state index in [1.807, 2.05) is 0 Å². The van der Waals surface area contributed by atoms with Crippen molar-refractivity contribution < 1.29 is 0 Å². The molecule has 0 aliphatic carbocycles. The molecule has 0 fully saturated rings. The fourth-order valence-electron chi connectivity index (χ4n) is 2.13. The van der Waals surface area contributed by atoms with Crippen molar-refractivity contribution in [2.45, 2.75) is 26.3 Å². The number of rotatable bonds is 4. The van der Waals surface area contributed by atoms with Gasteiger partial charge in [-0.2, -0.15) is 4.98 Å². The number of benzene rings is 1. The second-order valence-electron chi connectivity index (χ2n) is 5.27. The van der Waals surface area contributed by atoms with Gasteiger partial charge < -0.3 is 10.3 Å². The lowest BCUT2D eigenvalue weighted by molar-refractivity contribution is 0.865. The molecule has 0 atom stereocenters. The van der Waals surface area contributed by atoms with Gasteiger partial charge in [-0.25, -0.2) is 4.98 Å². The third-order valence-electron chi connectivity index (χ3n) is 3.40. The monoisotopic (exact) mass is 283 g/mol. The molecule has 108 valence electrons. The first kappa shape index (κ1) is 13.4. The van der Waals surface area contributed by atoms with Crippen molar-refractivity contribution in [2.24, 2.45) is 0 Å². The fourth-order valence-corrected chi connectivity index (χ4v) is 2.13. The highest BCUT2D eigenvalue weighted by Gasteiger charge is 2.05. The van der Waals surface area contributed by atoms with Gasteiger partial charge in [-0.1, -0.05) is 38.1 Å². The smallest absolute Gasteiger partial charge is 0.278 e. The van der Waals surface area contributed by atoms with Gasteiger partial charge in [-0.15, -0.1) is 0 Å². The van der Waals surface area contributed by atoms with E-state index < -0.39 is 0 Å². The van der Waals surface area contributed by atoms with Crippen LogP contribution >= 0.6 is 0 Å². The molecule has 0 spiro atoms. The van der Waals surface area contributed by atoms with E-state index in [1.165, 1.54) is 11.9 Å². The van der Waals surface area contributed by atoms with Crippen LogP contribution < -0.4 is 10.9 Å². The molecule has 2 aromatic heterocycles. The van der Waals surface area contributed by atoms with E-state index in [2.05, 4.69) is 63.4 Å². The molecule has 6 nitrogen and oxygen atoms in total. The Morgan fingerprint density at radius 1 is 1.24 bits per heavy atom. The summed E-state index contributed by atoms with van der Waals surface area (Å²) in [4.78, 5) is 25.5. The van der Waals surface area contributed by atoms with Crippen molar-refractivity contribution in [3.05, 3.63) is 52.1 Å². The summed E-state index contributed by atoms with van der Waals surface area (Å²) in [6, 6.07) is 8.39. The zero-order valence-electron chi connectivity index (χ0n) is 12.0. The van der Waals surface area contributed by atoms with Gasteiger partial charge in [0.05, 0.1) is 6.33 Å². The number of hydrogen-bond acceptors (Lipinski definition) is 4.